The number of fused-ring (bicyclic) bond motifs is 1. The van der Waals surface area contributed by atoms with Crippen LogP contribution < -0.4 is 10.6 Å². The average Bonchev–Trinajstić information content (AvgIpc) is 3.08. The standard InChI is InChI=1S/C23H23N5O/c1-14-7-18(12-24-10-14)23(29)28-19-6-4-5-17(8-19)16(3)27-20-9-21-15(2)11-25-22(21)26-13-20/h4-13,16,27H,1-3H3,(H,25,26)(H,28,29). The van der Waals surface area contributed by atoms with Crippen molar-refractivity contribution < 1.29 is 4.79 Å². The highest BCUT2D eigenvalue weighted by Gasteiger charge is 2.11. The van der Waals surface area contributed by atoms with E-state index in [1.165, 1.54) is 5.56 Å². The first-order chi connectivity index (χ1) is 14.0. The molecular weight excluding hydrogens is 362 g/mol. The first-order valence-corrected chi connectivity index (χ1v) is 9.53. The molecule has 0 radical (unpaired) electrons. The van der Waals surface area contributed by atoms with E-state index in [9.17, 15) is 4.79 Å². The number of anilines is 2. The van der Waals surface area contributed by atoms with Crippen LogP contribution >= 0.6 is 0 Å². The van der Waals surface area contributed by atoms with Crippen molar-refractivity contribution in [2.75, 3.05) is 10.6 Å². The zero-order chi connectivity index (χ0) is 20.4. The summed E-state index contributed by atoms with van der Waals surface area (Å²) in [6, 6.07) is 11.8. The van der Waals surface area contributed by atoms with Gasteiger partial charge in [0, 0.05) is 35.7 Å². The minimum Gasteiger partial charge on any atom is -0.377 e. The first-order valence-electron chi connectivity index (χ1n) is 9.53. The molecule has 3 N–H and O–H groups in total. The molecule has 6 nitrogen and oxygen atoms in total. The van der Waals surface area contributed by atoms with Gasteiger partial charge in [-0.3, -0.25) is 9.78 Å². The van der Waals surface area contributed by atoms with E-state index < -0.39 is 0 Å². The zero-order valence-electron chi connectivity index (χ0n) is 16.7. The van der Waals surface area contributed by atoms with Gasteiger partial charge in [0.25, 0.3) is 5.91 Å². The highest BCUT2D eigenvalue weighted by Crippen LogP contribution is 2.25. The number of nitrogens with zero attached hydrogens (tertiary/aromatic N) is 2. The number of hydrogen-bond acceptors (Lipinski definition) is 4. The van der Waals surface area contributed by atoms with E-state index in [0.29, 0.717) is 5.56 Å². The Balaban J connectivity index is 1.49. The van der Waals surface area contributed by atoms with Crippen molar-refractivity contribution in [2.24, 2.45) is 0 Å². The van der Waals surface area contributed by atoms with Crippen LogP contribution in [0.4, 0.5) is 11.4 Å². The Kier molecular flexibility index (Phi) is 4.99. The molecule has 4 aromatic rings. The van der Waals surface area contributed by atoms with Gasteiger partial charge in [0.05, 0.1) is 17.4 Å². The molecule has 0 saturated carbocycles. The lowest BCUT2D eigenvalue weighted by Crippen LogP contribution is -2.13. The number of amides is 1. The number of H-pyrrole nitrogens is 1. The van der Waals surface area contributed by atoms with Crippen LogP contribution in [0.2, 0.25) is 0 Å². The Morgan fingerprint density at radius 1 is 1.07 bits per heavy atom. The molecular formula is C23H23N5O. The van der Waals surface area contributed by atoms with Crippen LogP contribution in [0.1, 0.15) is 40.0 Å². The minimum absolute atomic E-state index is 0.0472. The van der Waals surface area contributed by atoms with E-state index in [1.807, 2.05) is 49.6 Å². The molecule has 1 aromatic carbocycles. The SMILES string of the molecule is Cc1cncc(C(=O)Nc2cccc(C(C)Nc3cnc4[nH]cc(C)c4c3)c2)c1. The molecule has 1 unspecified atom stereocenters. The molecule has 0 saturated heterocycles. The summed E-state index contributed by atoms with van der Waals surface area (Å²) in [7, 11) is 0. The monoisotopic (exact) mass is 385 g/mol. The molecule has 1 amide bonds. The van der Waals surface area contributed by atoms with Crippen LogP contribution in [-0.4, -0.2) is 20.9 Å². The fraction of sp³-hybridized carbons (Fsp3) is 0.174. The second kappa shape index (κ2) is 7.75. The van der Waals surface area contributed by atoms with E-state index in [2.05, 4.69) is 45.5 Å². The van der Waals surface area contributed by atoms with Gasteiger partial charge in [0.2, 0.25) is 0 Å². The van der Waals surface area contributed by atoms with Crippen molar-refractivity contribution in [2.45, 2.75) is 26.8 Å². The van der Waals surface area contributed by atoms with Gasteiger partial charge in [-0.15, -0.1) is 0 Å². The maximum absolute atomic E-state index is 12.5. The van der Waals surface area contributed by atoms with E-state index >= 15 is 0 Å². The van der Waals surface area contributed by atoms with Crippen molar-refractivity contribution in [3.63, 3.8) is 0 Å². The summed E-state index contributed by atoms with van der Waals surface area (Å²) in [5, 5.41) is 7.54. The average molecular weight is 385 g/mol. The number of carbonyl (C=O) groups is 1. The summed E-state index contributed by atoms with van der Waals surface area (Å²) in [5.41, 5.74) is 6.31. The van der Waals surface area contributed by atoms with Crippen LogP contribution in [0.25, 0.3) is 11.0 Å². The molecule has 29 heavy (non-hydrogen) atoms. The van der Waals surface area contributed by atoms with Crippen LogP contribution in [0, 0.1) is 13.8 Å². The lowest BCUT2D eigenvalue weighted by Gasteiger charge is -2.17. The molecule has 4 rings (SSSR count). The van der Waals surface area contributed by atoms with Crippen molar-refractivity contribution in [3.8, 4) is 0 Å². The van der Waals surface area contributed by atoms with Crippen LogP contribution in [-0.2, 0) is 0 Å². The van der Waals surface area contributed by atoms with Crippen molar-refractivity contribution in [3.05, 3.63) is 83.4 Å². The Bertz CT molecular complexity index is 1180. The third-order valence-electron chi connectivity index (χ3n) is 4.90. The topological polar surface area (TPSA) is 82.7 Å². The number of benzene rings is 1. The Morgan fingerprint density at radius 2 is 1.93 bits per heavy atom. The first kappa shape index (κ1) is 18.7. The highest BCUT2D eigenvalue weighted by atomic mass is 16.1. The molecule has 6 heteroatoms. The summed E-state index contributed by atoms with van der Waals surface area (Å²) in [4.78, 5) is 24.2. The molecule has 0 spiro atoms. The van der Waals surface area contributed by atoms with Crippen molar-refractivity contribution in [1.82, 2.24) is 15.0 Å². The Labute approximate surface area is 169 Å². The molecule has 1 atom stereocenters. The van der Waals surface area contributed by atoms with E-state index in [0.717, 1.165) is 33.5 Å². The number of aromatic amines is 1. The third kappa shape index (κ3) is 4.11. The summed E-state index contributed by atoms with van der Waals surface area (Å²) >= 11 is 0. The Morgan fingerprint density at radius 3 is 2.76 bits per heavy atom. The molecule has 0 fully saturated rings. The second-order valence-electron chi connectivity index (χ2n) is 7.29. The molecule has 0 aliphatic rings. The number of pyridine rings is 2. The summed E-state index contributed by atoms with van der Waals surface area (Å²) < 4.78 is 0. The van der Waals surface area contributed by atoms with Gasteiger partial charge in [0.1, 0.15) is 5.65 Å². The number of hydrogen-bond donors (Lipinski definition) is 3. The van der Waals surface area contributed by atoms with Crippen LogP contribution in [0.5, 0.6) is 0 Å². The molecule has 0 aliphatic carbocycles. The predicted octanol–water partition coefficient (Wildman–Crippen LogP) is 5.00. The fourth-order valence-electron chi connectivity index (χ4n) is 3.32. The number of carbonyl (C=O) groups excluding carboxylic acids is 1. The minimum atomic E-state index is -0.170. The van der Waals surface area contributed by atoms with Crippen molar-refractivity contribution >= 4 is 28.3 Å². The zero-order valence-corrected chi connectivity index (χ0v) is 16.7. The smallest absolute Gasteiger partial charge is 0.257 e. The fourth-order valence-corrected chi connectivity index (χ4v) is 3.32. The summed E-state index contributed by atoms with van der Waals surface area (Å²) in [6.45, 7) is 6.06. The summed E-state index contributed by atoms with van der Waals surface area (Å²) in [5.74, 6) is -0.170. The van der Waals surface area contributed by atoms with Gasteiger partial charge in [-0.2, -0.15) is 0 Å². The number of aryl methyl sites for hydroxylation is 2. The number of nitrogens with one attached hydrogen (secondary N) is 3. The lowest BCUT2D eigenvalue weighted by atomic mass is 10.1. The molecule has 0 aliphatic heterocycles. The molecule has 3 aromatic heterocycles. The molecule has 3 heterocycles. The van der Waals surface area contributed by atoms with Gasteiger partial charge in [-0.05, 0) is 61.7 Å². The largest absolute Gasteiger partial charge is 0.377 e. The van der Waals surface area contributed by atoms with Crippen LogP contribution in [0.3, 0.4) is 0 Å². The number of rotatable bonds is 5. The van der Waals surface area contributed by atoms with Gasteiger partial charge in [-0.25, -0.2) is 4.98 Å². The number of aromatic nitrogens is 3. The molecule has 146 valence electrons. The Hall–Kier alpha value is -3.67. The van der Waals surface area contributed by atoms with Gasteiger partial charge in [-0.1, -0.05) is 12.1 Å². The van der Waals surface area contributed by atoms with Gasteiger partial charge in [0.15, 0.2) is 0 Å². The van der Waals surface area contributed by atoms with Crippen LogP contribution in [0.15, 0.2) is 61.2 Å². The summed E-state index contributed by atoms with van der Waals surface area (Å²) in [6.07, 6.45) is 7.08. The van der Waals surface area contributed by atoms with Gasteiger partial charge >= 0.3 is 0 Å². The van der Waals surface area contributed by atoms with E-state index in [1.54, 1.807) is 12.4 Å². The van der Waals surface area contributed by atoms with Crippen molar-refractivity contribution in [1.29, 1.82) is 0 Å². The lowest BCUT2D eigenvalue weighted by molar-refractivity contribution is 0.102. The maximum Gasteiger partial charge on any atom is 0.257 e. The second-order valence-corrected chi connectivity index (χ2v) is 7.29. The van der Waals surface area contributed by atoms with E-state index in [4.69, 9.17) is 0 Å². The quantitative estimate of drug-likeness (QED) is 0.451. The van der Waals surface area contributed by atoms with E-state index in [-0.39, 0.29) is 11.9 Å². The third-order valence-corrected chi connectivity index (χ3v) is 4.90. The molecule has 0 bridgehead atoms. The predicted molar refractivity (Wildman–Crippen MR) is 116 cm³/mol. The maximum atomic E-state index is 12.5. The highest BCUT2D eigenvalue weighted by molar-refractivity contribution is 6.04. The normalized spacial score (nSPS) is 12.0. The van der Waals surface area contributed by atoms with Gasteiger partial charge < -0.3 is 15.6 Å².